The average molecular weight is 448 g/mol. The van der Waals surface area contributed by atoms with Gasteiger partial charge in [0.1, 0.15) is 48.8 Å². The van der Waals surface area contributed by atoms with Gasteiger partial charge in [-0.25, -0.2) is 0 Å². The Morgan fingerprint density at radius 3 is 2.00 bits per heavy atom. The molecule has 0 radical (unpaired) electrons. The lowest BCUT2D eigenvalue weighted by Gasteiger charge is -2.37. The molecule has 0 bridgehead atoms. The minimum Gasteiger partial charge on any atom is -0.394 e. The quantitative estimate of drug-likeness (QED) is 0.282. The summed E-state index contributed by atoms with van der Waals surface area (Å²) in [7, 11) is 1.45. The molecule has 2 fully saturated rings. The van der Waals surface area contributed by atoms with Crippen LogP contribution in [0.5, 0.6) is 0 Å². The van der Waals surface area contributed by atoms with Gasteiger partial charge in [0.25, 0.3) is 0 Å². The van der Waals surface area contributed by atoms with E-state index < -0.39 is 61.5 Å². The molecule has 0 aromatic heterocycles. The number of aliphatic hydroxyl groups is 6. The van der Waals surface area contributed by atoms with Crippen LogP contribution < -0.4 is 0 Å². The summed E-state index contributed by atoms with van der Waals surface area (Å²) in [4.78, 5) is 0. The van der Waals surface area contributed by atoms with Crippen LogP contribution in [-0.4, -0.2) is 106 Å². The van der Waals surface area contributed by atoms with Crippen LogP contribution in [0.4, 0.5) is 0 Å². The molecule has 9 heteroatoms. The average Bonchev–Trinajstić information content (AvgIpc) is 2.81. The summed E-state index contributed by atoms with van der Waals surface area (Å²) in [6.07, 6.45) is -8.67. The van der Waals surface area contributed by atoms with Gasteiger partial charge in [0.2, 0.25) is 0 Å². The van der Waals surface area contributed by atoms with E-state index in [-0.39, 0.29) is 13.0 Å². The van der Waals surface area contributed by atoms with E-state index in [0.717, 1.165) is 0 Å². The van der Waals surface area contributed by atoms with E-state index >= 15 is 0 Å². The van der Waals surface area contributed by atoms with Crippen LogP contribution in [0.3, 0.4) is 0 Å². The molecule has 0 aliphatic carbocycles. The van der Waals surface area contributed by atoms with Crippen LogP contribution in [0, 0.1) is 23.7 Å². The lowest BCUT2D eigenvalue weighted by atomic mass is 9.95. The molecule has 2 heterocycles. The van der Waals surface area contributed by atoms with Crippen LogP contribution in [0.25, 0.3) is 0 Å². The summed E-state index contributed by atoms with van der Waals surface area (Å²) in [6.45, 7) is -0.793. The Kier molecular flexibility index (Phi) is 8.63. The van der Waals surface area contributed by atoms with Crippen molar-refractivity contribution in [2.75, 3.05) is 20.3 Å². The SMILES string of the molecule is CO[C@H]1C(O)CC(C#Cc2ccc(C#CC3OC(CO)[C@@H](O)C(O)C3O)cc2)OC1CO. The highest BCUT2D eigenvalue weighted by Gasteiger charge is 2.42. The third-order valence-corrected chi connectivity index (χ3v) is 5.51. The molecule has 0 saturated carbocycles. The third-order valence-electron chi connectivity index (χ3n) is 5.51. The molecule has 0 amide bonds. The fraction of sp³-hybridized carbons (Fsp3) is 0.565. The van der Waals surface area contributed by atoms with Gasteiger partial charge < -0.3 is 44.8 Å². The zero-order valence-electron chi connectivity index (χ0n) is 17.5. The molecule has 3 rings (SSSR count). The van der Waals surface area contributed by atoms with Crippen molar-refractivity contribution in [3.8, 4) is 23.7 Å². The van der Waals surface area contributed by atoms with Gasteiger partial charge in [-0.3, -0.25) is 0 Å². The smallest absolute Gasteiger partial charge is 0.147 e. The lowest BCUT2D eigenvalue weighted by molar-refractivity contribution is -0.214. The number of ether oxygens (including phenoxy) is 3. The minimum atomic E-state index is -1.47. The first-order valence-corrected chi connectivity index (χ1v) is 10.3. The summed E-state index contributed by atoms with van der Waals surface area (Å²) < 4.78 is 16.2. The summed E-state index contributed by atoms with van der Waals surface area (Å²) in [5, 5.41) is 58.5. The second-order valence-corrected chi connectivity index (χ2v) is 7.71. The van der Waals surface area contributed by atoms with Crippen molar-refractivity contribution in [1.82, 2.24) is 0 Å². The lowest BCUT2D eigenvalue weighted by Crippen LogP contribution is -2.58. The summed E-state index contributed by atoms with van der Waals surface area (Å²) in [5.74, 6) is 11.4. The summed E-state index contributed by atoms with van der Waals surface area (Å²) in [5.41, 5.74) is 1.30. The highest BCUT2D eigenvalue weighted by molar-refractivity contribution is 5.42. The van der Waals surface area contributed by atoms with Gasteiger partial charge in [-0.15, -0.1) is 0 Å². The Morgan fingerprint density at radius 1 is 0.844 bits per heavy atom. The zero-order valence-corrected chi connectivity index (χ0v) is 17.5. The number of benzene rings is 1. The first kappa shape index (κ1) is 24.6. The Hall–Kier alpha value is -2.02. The van der Waals surface area contributed by atoms with E-state index in [1.807, 2.05) is 0 Å². The van der Waals surface area contributed by atoms with Crippen molar-refractivity contribution in [3.63, 3.8) is 0 Å². The molecule has 174 valence electrons. The number of hydrogen-bond donors (Lipinski definition) is 6. The van der Waals surface area contributed by atoms with E-state index in [9.17, 15) is 30.6 Å². The van der Waals surface area contributed by atoms with Gasteiger partial charge in [0, 0.05) is 24.7 Å². The van der Waals surface area contributed by atoms with Gasteiger partial charge in [0.05, 0.1) is 19.3 Å². The van der Waals surface area contributed by atoms with Crippen molar-refractivity contribution in [2.45, 2.75) is 61.4 Å². The molecular formula is C23H28O9. The van der Waals surface area contributed by atoms with E-state index in [1.165, 1.54) is 7.11 Å². The number of methoxy groups -OCH3 is 1. The first-order valence-electron chi connectivity index (χ1n) is 10.3. The molecule has 9 nitrogen and oxygen atoms in total. The third kappa shape index (κ3) is 5.66. The molecule has 6 N–H and O–H groups in total. The maximum atomic E-state index is 10.2. The van der Waals surface area contributed by atoms with Crippen molar-refractivity contribution < 1.29 is 44.8 Å². The zero-order chi connectivity index (χ0) is 23.3. The largest absolute Gasteiger partial charge is 0.394 e. The number of aliphatic hydroxyl groups excluding tert-OH is 6. The van der Waals surface area contributed by atoms with Crippen LogP contribution in [0.15, 0.2) is 24.3 Å². The molecule has 2 saturated heterocycles. The Labute approximate surface area is 186 Å². The molecule has 2 aliphatic rings. The second-order valence-electron chi connectivity index (χ2n) is 7.71. The van der Waals surface area contributed by atoms with Gasteiger partial charge in [-0.2, -0.15) is 0 Å². The normalized spacial score (nSPS) is 37.0. The summed E-state index contributed by atoms with van der Waals surface area (Å²) in [6, 6.07) is 6.92. The second kappa shape index (κ2) is 11.2. The van der Waals surface area contributed by atoms with Crippen molar-refractivity contribution >= 4 is 0 Å². The summed E-state index contributed by atoms with van der Waals surface area (Å²) >= 11 is 0. The van der Waals surface area contributed by atoms with E-state index in [1.54, 1.807) is 24.3 Å². The molecule has 9 atom stereocenters. The molecule has 1 aromatic rings. The predicted octanol–water partition coefficient (Wildman–Crippen LogP) is -2.24. The first-order chi connectivity index (χ1) is 15.4. The molecule has 2 aliphatic heterocycles. The van der Waals surface area contributed by atoms with E-state index in [4.69, 9.17) is 14.2 Å². The molecule has 0 spiro atoms. The number of rotatable bonds is 3. The van der Waals surface area contributed by atoms with Crippen molar-refractivity contribution in [2.24, 2.45) is 0 Å². The topological polar surface area (TPSA) is 149 Å². The van der Waals surface area contributed by atoms with Gasteiger partial charge in [-0.1, -0.05) is 23.7 Å². The highest BCUT2D eigenvalue weighted by atomic mass is 16.6. The molecule has 7 unspecified atom stereocenters. The maximum Gasteiger partial charge on any atom is 0.147 e. The number of hydrogen-bond acceptors (Lipinski definition) is 9. The fourth-order valence-corrected chi connectivity index (χ4v) is 3.67. The molecule has 1 aromatic carbocycles. The molecular weight excluding hydrogens is 420 g/mol. The van der Waals surface area contributed by atoms with E-state index in [2.05, 4.69) is 23.7 Å². The van der Waals surface area contributed by atoms with Crippen LogP contribution >= 0.6 is 0 Å². The van der Waals surface area contributed by atoms with Crippen molar-refractivity contribution in [3.05, 3.63) is 35.4 Å². The predicted molar refractivity (Wildman–Crippen MR) is 111 cm³/mol. The fourth-order valence-electron chi connectivity index (χ4n) is 3.67. The highest BCUT2D eigenvalue weighted by Crippen LogP contribution is 2.22. The van der Waals surface area contributed by atoms with Gasteiger partial charge in [0.15, 0.2) is 0 Å². The molecule has 32 heavy (non-hydrogen) atoms. The Morgan fingerprint density at radius 2 is 1.44 bits per heavy atom. The van der Waals surface area contributed by atoms with Crippen LogP contribution in [0.2, 0.25) is 0 Å². The van der Waals surface area contributed by atoms with Crippen molar-refractivity contribution in [1.29, 1.82) is 0 Å². The minimum absolute atomic E-state index is 0.269. The van der Waals surface area contributed by atoms with Gasteiger partial charge in [-0.05, 0) is 24.3 Å². The Bertz CT molecular complexity index is 863. The van der Waals surface area contributed by atoms with Crippen LogP contribution in [-0.2, 0) is 14.2 Å². The Balaban J connectivity index is 1.64. The van der Waals surface area contributed by atoms with Gasteiger partial charge >= 0.3 is 0 Å². The standard InChI is InChI=1S/C23H28O9/c1-30-23-16(26)10-15(31-19(23)12-25)8-6-13-2-4-14(5-3-13)7-9-17-20(27)22(29)21(28)18(11-24)32-17/h2-5,15-29H,10-12H2,1H3/t15?,16?,17?,18?,19?,20?,21-,22?,23+/m1/s1. The van der Waals surface area contributed by atoms with Crippen LogP contribution in [0.1, 0.15) is 17.5 Å². The van der Waals surface area contributed by atoms with E-state index in [0.29, 0.717) is 11.1 Å². The monoisotopic (exact) mass is 448 g/mol. The maximum absolute atomic E-state index is 10.2.